The molecule has 0 bridgehead atoms. The second-order valence-electron chi connectivity index (χ2n) is 4.23. The van der Waals surface area contributed by atoms with Gasteiger partial charge in [0.1, 0.15) is 0 Å². The highest BCUT2D eigenvalue weighted by molar-refractivity contribution is 7.92. The summed E-state index contributed by atoms with van der Waals surface area (Å²) in [4.78, 5) is 11.9. The number of benzene rings is 1. The zero-order chi connectivity index (χ0) is 14.8. The van der Waals surface area contributed by atoms with E-state index in [1.165, 1.54) is 12.1 Å². The molecule has 0 aliphatic rings. The number of sulfonamides is 1. The minimum Gasteiger partial charge on any atom is -0.265 e. The fourth-order valence-electron chi connectivity index (χ4n) is 1.68. The van der Waals surface area contributed by atoms with E-state index in [4.69, 9.17) is 0 Å². The molecule has 1 aromatic carbocycles. The van der Waals surface area contributed by atoms with Crippen molar-refractivity contribution in [2.24, 2.45) is 4.99 Å². The van der Waals surface area contributed by atoms with Crippen LogP contribution in [0.5, 0.6) is 0 Å². The van der Waals surface area contributed by atoms with Gasteiger partial charge in [0.15, 0.2) is 0 Å². The first-order chi connectivity index (χ1) is 9.40. The summed E-state index contributed by atoms with van der Waals surface area (Å²) >= 11 is 0. The molecule has 0 radical (unpaired) electrons. The summed E-state index contributed by atoms with van der Waals surface area (Å²) in [5, 5.41) is 0. The molecule has 0 saturated carbocycles. The molecule has 6 nitrogen and oxygen atoms in total. The summed E-state index contributed by atoms with van der Waals surface area (Å²) in [7, 11) is -3.71. The lowest BCUT2D eigenvalue weighted by Gasteiger charge is -2.08. The number of anilines is 1. The van der Waals surface area contributed by atoms with Crippen LogP contribution in [0, 0.1) is 13.8 Å². The zero-order valence-corrected chi connectivity index (χ0v) is 12.0. The van der Waals surface area contributed by atoms with Gasteiger partial charge in [-0.3, -0.25) is 4.99 Å². The van der Waals surface area contributed by atoms with Gasteiger partial charge in [0.25, 0.3) is 10.0 Å². The Bertz CT molecular complexity index is 719. The van der Waals surface area contributed by atoms with E-state index in [-0.39, 0.29) is 10.8 Å². The average molecular weight is 290 g/mol. The van der Waals surface area contributed by atoms with Crippen molar-refractivity contribution in [3.8, 4) is 0 Å². The van der Waals surface area contributed by atoms with Gasteiger partial charge in [-0.1, -0.05) is 0 Å². The number of aryl methyl sites for hydroxylation is 2. The van der Waals surface area contributed by atoms with Crippen LogP contribution in [0.4, 0.5) is 11.6 Å². The highest BCUT2D eigenvalue weighted by Crippen LogP contribution is 2.18. The largest absolute Gasteiger partial charge is 0.265 e. The van der Waals surface area contributed by atoms with Crippen LogP contribution < -0.4 is 4.72 Å². The van der Waals surface area contributed by atoms with Crippen molar-refractivity contribution in [2.45, 2.75) is 18.7 Å². The molecule has 2 rings (SSSR count). The smallest absolute Gasteiger partial charge is 0.264 e. The Morgan fingerprint density at radius 2 is 1.65 bits per heavy atom. The van der Waals surface area contributed by atoms with E-state index in [1.54, 1.807) is 32.0 Å². The van der Waals surface area contributed by atoms with Gasteiger partial charge >= 0.3 is 0 Å². The molecule has 0 atom stereocenters. The predicted molar refractivity (Wildman–Crippen MR) is 78.0 cm³/mol. The first kappa shape index (κ1) is 14.1. The molecule has 0 unspecified atom stereocenters. The Labute approximate surface area is 117 Å². The van der Waals surface area contributed by atoms with E-state index in [2.05, 4.69) is 26.4 Å². The molecule has 7 heteroatoms. The fourth-order valence-corrected chi connectivity index (χ4v) is 2.63. The Morgan fingerprint density at radius 3 is 2.15 bits per heavy atom. The monoisotopic (exact) mass is 290 g/mol. The van der Waals surface area contributed by atoms with Crippen molar-refractivity contribution in [1.29, 1.82) is 0 Å². The van der Waals surface area contributed by atoms with Gasteiger partial charge in [0.05, 0.1) is 10.6 Å². The molecule has 2 aromatic rings. The first-order valence-electron chi connectivity index (χ1n) is 5.82. The van der Waals surface area contributed by atoms with Crippen LogP contribution in [0.15, 0.2) is 40.2 Å². The lowest BCUT2D eigenvalue weighted by atomic mass is 10.3. The van der Waals surface area contributed by atoms with Crippen LogP contribution in [0.3, 0.4) is 0 Å². The van der Waals surface area contributed by atoms with Crippen molar-refractivity contribution in [2.75, 3.05) is 4.72 Å². The van der Waals surface area contributed by atoms with E-state index in [9.17, 15) is 8.42 Å². The first-order valence-corrected chi connectivity index (χ1v) is 7.31. The van der Waals surface area contributed by atoms with Gasteiger partial charge in [0.2, 0.25) is 5.95 Å². The Morgan fingerprint density at radius 1 is 1.10 bits per heavy atom. The number of aromatic nitrogens is 2. The highest BCUT2D eigenvalue weighted by Gasteiger charge is 2.15. The van der Waals surface area contributed by atoms with E-state index in [1.807, 2.05) is 0 Å². The topological polar surface area (TPSA) is 84.3 Å². The van der Waals surface area contributed by atoms with Gasteiger partial charge in [-0.15, -0.1) is 0 Å². The number of aliphatic imine (C=N–C) groups is 1. The normalized spacial score (nSPS) is 11.1. The molecule has 1 aromatic heterocycles. The van der Waals surface area contributed by atoms with Crippen molar-refractivity contribution >= 4 is 28.4 Å². The summed E-state index contributed by atoms with van der Waals surface area (Å²) in [6.45, 7) is 6.92. The Balaban J connectivity index is 2.32. The Kier molecular flexibility index (Phi) is 3.80. The molecule has 0 saturated heterocycles. The van der Waals surface area contributed by atoms with Gasteiger partial charge in [-0.05, 0) is 50.9 Å². The lowest BCUT2D eigenvalue weighted by molar-refractivity contribution is 0.601. The molecule has 0 aliphatic carbocycles. The third-order valence-corrected chi connectivity index (χ3v) is 3.88. The minimum absolute atomic E-state index is 0.0634. The molecule has 1 heterocycles. The SMILES string of the molecule is C=Nc1ccc(S(=O)(=O)Nc2nc(C)cc(C)n2)cc1. The molecule has 0 spiro atoms. The molecule has 1 N–H and O–H groups in total. The van der Waals surface area contributed by atoms with Gasteiger partial charge < -0.3 is 0 Å². The van der Waals surface area contributed by atoms with Crippen LogP contribution in [-0.2, 0) is 10.0 Å². The molecule has 0 amide bonds. The fraction of sp³-hybridized carbons (Fsp3) is 0.154. The third-order valence-electron chi connectivity index (χ3n) is 2.54. The van der Waals surface area contributed by atoms with Gasteiger partial charge in [-0.25, -0.2) is 23.1 Å². The molecule has 104 valence electrons. The Hall–Kier alpha value is -2.28. The summed E-state index contributed by atoms with van der Waals surface area (Å²) in [5.74, 6) is 0.0634. The van der Waals surface area contributed by atoms with Crippen molar-refractivity contribution < 1.29 is 8.42 Å². The molecule has 20 heavy (non-hydrogen) atoms. The number of nitrogens with one attached hydrogen (secondary N) is 1. The second-order valence-corrected chi connectivity index (χ2v) is 5.91. The van der Waals surface area contributed by atoms with Crippen LogP contribution in [0.25, 0.3) is 0 Å². The maximum Gasteiger partial charge on any atom is 0.264 e. The summed E-state index contributed by atoms with van der Waals surface area (Å²) in [6, 6.07) is 7.82. The highest BCUT2D eigenvalue weighted by atomic mass is 32.2. The summed E-state index contributed by atoms with van der Waals surface area (Å²) in [6.07, 6.45) is 0. The van der Waals surface area contributed by atoms with Crippen LogP contribution in [0.1, 0.15) is 11.4 Å². The molecular formula is C13H14N4O2S. The van der Waals surface area contributed by atoms with Crippen LogP contribution in [-0.4, -0.2) is 25.1 Å². The molecule has 0 fully saturated rings. The van der Waals surface area contributed by atoms with Crippen molar-refractivity contribution in [3.05, 3.63) is 41.7 Å². The quantitative estimate of drug-likeness (QED) is 0.875. The number of nitrogens with zero attached hydrogens (tertiary/aromatic N) is 3. The van der Waals surface area contributed by atoms with Crippen LogP contribution >= 0.6 is 0 Å². The standard InChI is InChI=1S/C13H14N4O2S/c1-9-8-10(2)16-13(15-9)17-20(18,19)12-6-4-11(14-3)5-7-12/h4-8H,3H2,1-2H3,(H,15,16,17). The lowest BCUT2D eigenvalue weighted by Crippen LogP contribution is -2.15. The maximum absolute atomic E-state index is 12.2. The van der Waals surface area contributed by atoms with E-state index in [0.717, 1.165) is 0 Å². The molecule has 0 aliphatic heterocycles. The number of hydrogen-bond acceptors (Lipinski definition) is 5. The third kappa shape index (κ3) is 3.18. The maximum atomic E-state index is 12.2. The average Bonchev–Trinajstić information content (AvgIpc) is 2.37. The van der Waals surface area contributed by atoms with Crippen molar-refractivity contribution in [3.63, 3.8) is 0 Å². The van der Waals surface area contributed by atoms with Gasteiger partial charge in [-0.2, -0.15) is 0 Å². The summed E-state index contributed by atoms with van der Waals surface area (Å²) < 4.78 is 26.7. The van der Waals surface area contributed by atoms with Crippen LogP contribution in [0.2, 0.25) is 0 Å². The zero-order valence-electron chi connectivity index (χ0n) is 11.2. The number of hydrogen-bond donors (Lipinski definition) is 1. The van der Waals surface area contributed by atoms with E-state index < -0.39 is 10.0 Å². The van der Waals surface area contributed by atoms with Gasteiger partial charge in [0, 0.05) is 11.4 Å². The predicted octanol–water partition coefficient (Wildman–Crippen LogP) is 2.23. The summed E-state index contributed by atoms with van der Waals surface area (Å²) in [5.41, 5.74) is 1.99. The van der Waals surface area contributed by atoms with Crippen molar-refractivity contribution in [1.82, 2.24) is 9.97 Å². The minimum atomic E-state index is -3.71. The second kappa shape index (κ2) is 5.38. The molecular weight excluding hydrogens is 276 g/mol. The number of rotatable bonds is 4. The van der Waals surface area contributed by atoms with E-state index >= 15 is 0 Å². The van der Waals surface area contributed by atoms with E-state index in [0.29, 0.717) is 17.1 Å².